The third kappa shape index (κ3) is 6.81. The van der Waals surface area contributed by atoms with E-state index in [0.717, 1.165) is 31.2 Å². The van der Waals surface area contributed by atoms with Crippen LogP contribution < -0.4 is 5.32 Å². The van der Waals surface area contributed by atoms with Gasteiger partial charge in [0, 0.05) is 43.2 Å². The smallest absolute Gasteiger partial charge is 0.228 e. The predicted octanol–water partition coefficient (Wildman–Crippen LogP) is 3.93. The maximum Gasteiger partial charge on any atom is 0.228 e. The molecule has 9 heteroatoms. The van der Waals surface area contributed by atoms with E-state index in [-0.39, 0.29) is 24.0 Å². The summed E-state index contributed by atoms with van der Waals surface area (Å²) >= 11 is 5.93. The van der Waals surface area contributed by atoms with Gasteiger partial charge >= 0.3 is 0 Å². The molecule has 1 aromatic heterocycles. The number of aromatic nitrogens is 2. The molecule has 7 nitrogen and oxygen atoms in total. The lowest BCUT2D eigenvalue weighted by Gasteiger charge is -2.29. The fourth-order valence-electron chi connectivity index (χ4n) is 3.72. The molecule has 3 rings (SSSR count). The third-order valence-electron chi connectivity index (χ3n) is 5.24. The highest BCUT2D eigenvalue weighted by atomic mass is 127. The summed E-state index contributed by atoms with van der Waals surface area (Å²) in [6.45, 7) is 9.06. The second kappa shape index (κ2) is 12.5. The van der Waals surface area contributed by atoms with E-state index in [1.54, 1.807) is 0 Å². The number of hydrogen-bond donors (Lipinski definition) is 1. The van der Waals surface area contributed by atoms with Gasteiger partial charge in [-0.25, -0.2) is 0 Å². The summed E-state index contributed by atoms with van der Waals surface area (Å²) in [6.07, 6.45) is 3.15. The minimum absolute atomic E-state index is 0. The second-order valence-corrected chi connectivity index (χ2v) is 7.75. The van der Waals surface area contributed by atoms with E-state index < -0.39 is 0 Å². The fourth-order valence-corrected chi connectivity index (χ4v) is 3.85. The molecule has 1 unspecified atom stereocenters. The Morgan fingerprint density at radius 1 is 1.33 bits per heavy atom. The van der Waals surface area contributed by atoms with E-state index in [9.17, 15) is 0 Å². The largest absolute Gasteiger partial charge is 0.357 e. The molecule has 2 aromatic rings. The number of nitrogens with zero attached hydrogens (tertiary/aromatic N) is 5. The zero-order chi connectivity index (χ0) is 20.6. The molecule has 166 valence electrons. The Morgan fingerprint density at radius 3 is 2.80 bits per heavy atom. The molecular weight excluding hydrogens is 515 g/mol. The van der Waals surface area contributed by atoms with Crippen LogP contribution in [0.3, 0.4) is 0 Å². The lowest BCUT2D eigenvalue weighted by Crippen LogP contribution is -2.46. The average Bonchev–Trinajstić information content (AvgIpc) is 3.37. The molecule has 0 amide bonds. The number of likely N-dealkylation sites (tertiary alicyclic amines) is 1. The predicted molar refractivity (Wildman–Crippen MR) is 133 cm³/mol. The molecule has 1 saturated heterocycles. The normalized spacial score (nSPS) is 17.1. The van der Waals surface area contributed by atoms with Crippen LogP contribution in [0.4, 0.5) is 0 Å². The second-order valence-electron chi connectivity index (χ2n) is 7.31. The Hall–Kier alpha value is -1.39. The zero-order valence-electron chi connectivity index (χ0n) is 18.0. The number of hydrogen-bond acceptors (Lipinski definition) is 5. The summed E-state index contributed by atoms with van der Waals surface area (Å²) in [5.74, 6) is 2.09. The monoisotopic (exact) mass is 546 g/mol. The minimum atomic E-state index is 0. The lowest BCUT2D eigenvalue weighted by atomic mass is 10.2. The fraction of sp³-hybridized carbons (Fsp3) is 0.571. The van der Waals surface area contributed by atoms with Gasteiger partial charge in [0.15, 0.2) is 5.96 Å². The van der Waals surface area contributed by atoms with Crippen molar-refractivity contribution in [3.8, 4) is 11.4 Å². The van der Waals surface area contributed by atoms with Crippen molar-refractivity contribution in [3.63, 3.8) is 0 Å². The molecule has 1 aliphatic heterocycles. The van der Waals surface area contributed by atoms with E-state index in [4.69, 9.17) is 21.1 Å². The van der Waals surface area contributed by atoms with E-state index in [1.165, 1.54) is 19.4 Å². The number of benzene rings is 1. The Labute approximate surface area is 201 Å². The first-order chi connectivity index (χ1) is 14.1. The molecular formula is C21H32ClIN6O. The van der Waals surface area contributed by atoms with Gasteiger partial charge in [0.1, 0.15) is 0 Å². The van der Waals surface area contributed by atoms with Crippen LogP contribution >= 0.6 is 35.6 Å². The minimum Gasteiger partial charge on any atom is -0.357 e. The van der Waals surface area contributed by atoms with E-state index in [1.807, 2.05) is 24.3 Å². The molecule has 1 aliphatic rings. The number of aliphatic imine (C=N–C) groups is 1. The van der Waals surface area contributed by atoms with E-state index in [2.05, 4.69) is 46.2 Å². The van der Waals surface area contributed by atoms with Crippen LogP contribution in [0.15, 0.2) is 33.8 Å². The quantitative estimate of drug-likeness (QED) is 0.307. The molecule has 0 aliphatic carbocycles. The van der Waals surface area contributed by atoms with Crippen molar-refractivity contribution in [2.45, 2.75) is 39.2 Å². The van der Waals surface area contributed by atoms with Crippen LogP contribution in [0.1, 0.15) is 32.6 Å². The van der Waals surface area contributed by atoms with Crippen molar-refractivity contribution in [2.75, 3.05) is 39.8 Å². The molecule has 1 aromatic carbocycles. The maximum absolute atomic E-state index is 5.93. The van der Waals surface area contributed by atoms with Gasteiger partial charge in [0.25, 0.3) is 0 Å². The lowest BCUT2D eigenvalue weighted by molar-refractivity contribution is 0.232. The molecule has 2 heterocycles. The topological polar surface area (TPSA) is 69.8 Å². The third-order valence-corrected chi connectivity index (χ3v) is 5.50. The van der Waals surface area contributed by atoms with Crippen LogP contribution in [-0.4, -0.2) is 71.7 Å². The zero-order valence-corrected chi connectivity index (χ0v) is 21.1. The first-order valence-electron chi connectivity index (χ1n) is 10.4. The van der Waals surface area contributed by atoms with Crippen molar-refractivity contribution < 1.29 is 4.52 Å². The number of guanidine groups is 1. The average molecular weight is 547 g/mol. The Balaban J connectivity index is 0.00000320. The van der Waals surface area contributed by atoms with Crippen LogP contribution in [0.25, 0.3) is 11.4 Å². The summed E-state index contributed by atoms with van der Waals surface area (Å²) in [5.41, 5.74) is 0.887. The highest BCUT2D eigenvalue weighted by Gasteiger charge is 2.24. The van der Waals surface area contributed by atoms with Gasteiger partial charge in [0.2, 0.25) is 11.7 Å². The summed E-state index contributed by atoms with van der Waals surface area (Å²) < 4.78 is 5.38. The van der Waals surface area contributed by atoms with Gasteiger partial charge in [-0.05, 0) is 57.1 Å². The van der Waals surface area contributed by atoms with Crippen LogP contribution in [0.2, 0.25) is 5.02 Å². The van der Waals surface area contributed by atoms with Crippen LogP contribution in [0.5, 0.6) is 0 Å². The van der Waals surface area contributed by atoms with Gasteiger partial charge in [0.05, 0.1) is 6.54 Å². The van der Waals surface area contributed by atoms with Crippen LogP contribution in [0, 0.1) is 0 Å². The van der Waals surface area contributed by atoms with Crippen LogP contribution in [-0.2, 0) is 6.42 Å². The van der Waals surface area contributed by atoms with Gasteiger partial charge < -0.3 is 14.7 Å². The maximum atomic E-state index is 5.93. The van der Waals surface area contributed by atoms with Gasteiger partial charge in [-0.1, -0.05) is 23.7 Å². The molecule has 30 heavy (non-hydrogen) atoms. The van der Waals surface area contributed by atoms with Crippen molar-refractivity contribution in [1.82, 2.24) is 25.3 Å². The Morgan fingerprint density at radius 2 is 2.10 bits per heavy atom. The number of rotatable bonds is 8. The van der Waals surface area contributed by atoms with E-state index >= 15 is 0 Å². The molecule has 0 saturated carbocycles. The van der Waals surface area contributed by atoms with Gasteiger partial charge in [-0.2, -0.15) is 4.98 Å². The van der Waals surface area contributed by atoms with Crippen molar-refractivity contribution in [2.24, 2.45) is 4.99 Å². The highest BCUT2D eigenvalue weighted by Crippen LogP contribution is 2.19. The Kier molecular flexibility index (Phi) is 10.3. The summed E-state index contributed by atoms with van der Waals surface area (Å²) in [7, 11) is 2.11. The van der Waals surface area contributed by atoms with Crippen molar-refractivity contribution >= 4 is 41.5 Å². The highest BCUT2D eigenvalue weighted by molar-refractivity contribution is 14.0. The molecule has 0 radical (unpaired) electrons. The first-order valence-corrected chi connectivity index (χ1v) is 10.8. The summed E-state index contributed by atoms with van der Waals surface area (Å²) in [6, 6.07) is 8.01. The molecule has 1 N–H and O–H groups in total. The SMILES string of the molecule is CCNC(=NCCc1nc(-c2ccc(Cl)cc2)no1)N(C)CC1CCCN1CC.I. The van der Waals surface area contributed by atoms with Gasteiger partial charge in [-0.15, -0.1) is 24.0 Å². The van der Waals surface area contributed by atoms with Crippen molar-refractivity contribution in [3.05, 3.63) is 35.2 Å². The summed E-state index contributed by atoms with van der Waals surface area (Å²) in [4.78, 5) is 14.0. The Bertz CT molecular complexity index is 797. The van der Waals surface area contributed by atoms with Crippen molar-refractivity contribution in [1.29, 1.82) is 0 Å². The number of nitrogens with one attached hydrogen (secondary N) is 1. The number of halogens is 2. The molecule has 1 atom stereocenters. The molecule has 1 fully saturated rings. The molecule has 0 bridgehead atoms. The van der Waals surface area contributed by atoms with E-state index in [0.29, 0.717) is 35.7 Å². The number of likely N-dealkylation sites (N-methyl/N-ethyl adjacent to an activating group) is 2. The standard InChI is InChI=1S/C21H31ClN6O.HI/c1-4-23-21(27(3)15-18-7-6-14-28(18)5-2)24-13-12-19-25-20(26-29-19)16-8-10-17(22)11-9-16;/h8-11,18H,4-7,12-15H2,1-3H3,(H,23,24);1H. The summed E-state index contributed by atoms with van der Waals surface area (Å²) in [5, 5.41) is 8.14. The molecule has 0 spiro atoms. The first kappa shape index (κ1) is 24.9. The van der Waals surface area contributed by atoms with Gasteiger partial charge in [-0.3, -0.25) is 9.89 Å².